The van der Waals surface area contributed by atoms with E-state index in [2.05, 4.69) is 44.8 Å². The van der Waals surface area contributed by atoms with Gasteiger partial charge in [-0.15, -0.1) is 11.3 Å². The Morgan fingerprint density at radius 1 is 1.25 bits per heavy atom. The summed E-state index contributed by atoms with van der Waals surface area (Å²) >= 11 is 1.71. The fourth-order valence-corrected chi connectivity index (χ4v) is 2.86. The second kappa shape index (κ2) is 6.65. The molecule has 6 heteroatoms. The van der Waals surface area contributed by atoms with Crippen molar-refractivity contribution >= 4 is 23.0 Å². The summed E-state index contributed by atoms with van der Waals surface area (Å²) in [5, 5.41) is 9.77. The Hall–Kier alpha value is -1.69. The Morgan fingerprint density at radius 3 is 2.60 bits per heavy atom. The summed E-state index contributed by atoms with van der Waals surface area (Å²) in [4.78, 5) is 13.1. The molecular weight excluding hydrogens is 270 g/mol. The lowest BCUT2D eigenvalue weighted by Gasteiger charge is -2.16. The highest BCUT2D eigenvalue weighted by atomic mass is 32.1. The third-order valence-corrected chi connectivity index (χ3v) is 4.02. The number of nitrogens with zero attached hydrogens (tertiary/aromatic N) is 3. The molecule has 0 atom stereocenters. The van der Waals surface area contributed by atoms with Crippen LogP contribution in [0.4, 0.5) is 11.6 Å². The number of hydrogen-bond donors (Lipinski definition) is 2. The number of aromatic nitrogens is 3. The van der Waals surface area contributed by atoms with Gasteiger partial charge >= 0.3 is 0 Å². The molecule has 0 bridgehead atoms. The SMILES string of the molecule is CNc1ncnc(NCCc2nc(C)cs2)c1C(C)C. The molecule has 2 aromatic heterocycles. The van der Waals surface area contributed by atoms with E-state index in [0.29, 0.717) is 5.92 Å². The quantitative estimate of drug-likeness (QED) is 0.856. The first-order chi connectivity index (χ1) is 9.61. The van der Waals surface area contributed by atoms with Crippen LogP contribution in [-0.4, -0.2) is 28.5 Å². The van der Waals surface area contributed by atoms with Gasteiger partial charge < -0.3 is 10.6 Å². The van der Waals surface area contributed by atoms with E-state index in [4.69, 9.17) is 0 Å². The maximum absolute atomic E-state index is 4.47. The molecule has 5 nitrogen and oxygen atoms in total. The monoisotopic (exact) mass is 291 g/mol. The van der Waals surface area contributed by atoms with Gasteiger partial charge in [-0.05, 0) is 12.8 Å². The molecule has 2 N–H and O–H groups in total. The number of thiazole rings is 1. The zero-order valence-electron chi connectivity index (χ0n) is 12.4. The molecular formula is C14H21N5S. The zero-order chi connectivity index (χ0) is 14.5. The molecule has 0 aliphatic rings. The average Bonchev–Trinajstić information content (AvgIpc) is 2.83. The van der Waals surface area contributed by atoms with Gasteiger partial charge in [0.2, 0.25) is 0 Å². The molecule has 0 radical (unpaired) electrons. The van der Waals surface area contributed by atoms with Gasteiger partial charge in [-0.3, -0.25) is 0 Å². The smallest absolute Gasteiger partial charge is 0.134 e. The van der Waals surface area contributed by atoms with E-state index < -0.39 is 0 Å². The minimum Gasteiger partial charge on any atom is -0.373 e. The van der Waals surface area contributed by atoms with Gasteiger partial charge in [0, 0.05) is 36.7 Å². The highest BCUT2D eigenvalue weighted by Gasteiger charge is 2.13. The van der Waals surface area contributed by atoms with Crippen molar-refractivity contribution in [2.24, 2.45) is 0 Å². The van der Waals surface area contributed by atoms with Crippen molar-refractivity contribution in [3.8, 4) is 0 Å². The summed E-state index contributed by atoms with van der Waals surface area (Å²) in [6, 6.07) is 0. The average molecular weight is 291 g/mol. The van der Waals surface area contributed by atoms with Crippen LogP contribution in [-0.2, 0) is 6.42 Å². The third-order valence-electron chi connectivity index (χ3n) is 3.00. The summed E-state index contributed by atoms with van der Waals surface area (Å²) in [5.74, 6) is 2.17. The number of rotatable bonds is 6. The van der Waals surface area contributed by atoms with Crippen molar-refractivity contribution in [3.05, 3.63) is 28.0 Å². The molecule has 108 valence electrons. The van der Waals surface area contributed by atoms with Crippen molar-refractivity contribution in [1.29, 1.82) is 0 Å². The van der Waals surface area contributed by atoms with Crippen LogP contribution in [0.15, 0.2) is 11.7 Å². The van der Waals surface area contributed by atoms with Gasteiger partial charge in [-0.25, -0.2) is 15.0 Å². The lowest BCUT2D eigenvalue weighted by molar-refractivity contribution is 0.844. The molecule has 0 aliphatic carbocycles. The first-order valence-electron chi connectivity index (χ1n) is 6.79. The van der Waals surface area contributed by atoms with Crippen molar-refractivity contribution in [2.45, 2.75) is 33.1 Å². The fraction of sp³-hybridized carbons (Fsp3) is 0.500. The zero-order valence-corrected chi connectivity index (χ0v) is 13.2. The van der Waals surface area contributed by atoms with E-state index >= 15 is 0 Å². The van der Waals surface area contributed by atoms with Crippen LogP contribution in [0.2, 0.25) is 0 Å². The standard InChI is InChI=1S/C14H21N5S/c1-9(2)12-13(15-4)17-8-18-14(12)16-6-5-11-19-10(3)7-20-11/h7-9H,5-6H2,1-4H3,(H2,15,16,17,18). The van der Waals surface area contributed by atoms with Gasteiger partial charge in [0.05, 0.1) is 5.01 Å². The van der Waals surface area contributed by atoms with Crippen molar-refractivity contribution in [2.75, 3.05) is 24.2 Å². The Kier molecular flexibility index (Phi) is 4.89. The van der Waals surface area contributed by atoms with Crippen LogP contribution in [0.25, 0.3) is 0 Å². The molecule has 20 heavy (non-hydrogen) atoms. The van der Waals surface area contributed by atoms with Crippen LogP contribution in [0.5, 0.6) is 0 Å². The molecule has 0 fully saturated rings. The molecule has 0 aromatic carbocycles. The van der Waals surface area contributed by atoms with Gasteiger partial charge in [-0.2, -0.15) is 0 Å². The molecule has 2 rings (SSSR count). The minimum absolute atomic E-state index is 0.364. The summed E-state index contributed by atoms with van der Waals surface area (Å²) in [7, 11) is 1.89. The minimum atomic E-state index is 0.364. The second-order valence-corrected chi connectivity index (χ2v) is 5.89. The van der Waals surface area contributed by atoms with E-state index in [1.807, 2.05) is 14.0 Å². The second-order valence-electron chi connectivity index (χ2n) is 4.95. The van der Waals surface area contributed by atoms with Gasteiger partial charge in [0.25, 0.3) is 0 Å². The molecule has 0 aliphatic heterocycles. The molecule has 0 saturated carbocycles. The first-order valence-corrected chi connectivity index (χ1v) is 7.67. The summed E-state index contributed by atoms with van der Waals surface area (Å²) < 4.78 is 0. The van der Waals surface area contributed by atoms with Crippen LogP contribution in [0, 0.1) is 6.92 Å². The van der Waals surface area contributed by atoms with Crippen molar-refractivity contribution < 1.29 is 0 Å². The third kappa shape index (κ3) is 3.45. The van der Waals surface area contributed by atoms with Crippen molar-refractivity contribution in [3.63, 3.8) is 0 Å². The van der Waals surface area contributed by atoms with E-state index in [0.717, 1.165) is 40.9 Å². The van der Waals surface area contributed by atoms with Crippen LogP contribution < -0.4 is 10.6 Å². The summed E-state index contributed by atoms with van der Waals surface area (Å²) in [6.45, 7) is 7.14. The Bertz CT molecular complexity index is 564. The molecule has 0 amide bonds. The maximum atomic E-state index is 4.47. The highest BCUT2D eigenvalue weighted by Crippen LogP contribution is 2.27. The number of hydrogen-bond acceptors (Lipinski definition) is 6. The maximum Gasteiger partial charge on any atom is 0.134 e. The lowest BCUT2D eigenvalue weighted by atomic mass is 10.0. The van der Waals surface area contributed by atoms with E-state index in [9.17, 15) is 0 Å². The first kappa shape index (κ1) is 14.7. The predicted molar refractivity (Wildman–Crippen MR) is 84.7 cm³/mol. The summed E-state index contributed by atoms with van der Waals surface area (Å²) in [5.41, 5.74) is 2.22. The lowest BCUT2D eigenvalue weighted by Crippen LogP contribution is -2.12. The summed E-state index contributed by atoms with van der Waals surface area (Å²) in [6.07, 6.45) is 2.50. The van der Waals surface area contributed by atoms with Crippen LogP contribution >= 0.6 is 11.3 Å². The van der Waals surface area contributed by atoms with Gasteiger partial charge in [-0.1, -0.05) is 13.8 Å². The van der Waals surface area contributed by atoms with E-state index in [1.165, 1.54) is 0 Å². The number of nitrogens with one attached hydrogen (secondary N) is 2. The van der Waals surface area contributed by atoms with Crippen LogP contribution in [0.3, 0.4) is 0 Å². The predicted octanol–water partition coefficient (Wildman–Crippen LogP) is 3.06. The normalized spacial score (nSPS) is 10.8. The largest absolute Gasteiger partial charge is 0.373 e. The number of aryl methyl sites for hydroxylation is 1. The van der Waals surface area contributed by atoms with E-state index in [-0.39, 0.29) is 0 Å². The van der Waals surface area contributed by atoms with Crippen molar-refractivity contribution in [1.82, 2.24) is 15.0 Å². The highest BCUT2D eigenvalue weighted by molar-refractivity contribution is 7.09. The Morgan fingerprint density at radius 2 is 2.00 bits per heavy atom. The van der Waals surface area contributed by atoms with E-state index in [1.54, 1.807) is 17.7 Å². The molecule has 0 spiro atoms. The Balaban J connectivity index is 2.05. The van der Waals surface area contributed by atoms with Gasteiger partial charge in [0.1, 0.15) is 18.0 Å². The van der Waals surface area contributed by atoms with Gasteiger partial charge in [0.15, 0.2) is 0 Å². The molecule has 2 aromatic rings. The number of anilines is 2. The van der Waals surface area contributed by atoms with Crippen LogP contribution in [0.1, 0.15) is 36.0 Å². The Labute approximate surface area is 123 Å². The molecule has 0 unspecified atom stereocenters. The molecule has 0 saturated heterocycles. The molecule has 2 heterocycles. The fourth-order valence-electron chi connectivity index (χ4n) is 2.09. The topological polar surface area (TPSA) is 62.7 Å².